The lowest BCUT2D eigenvalue weighted by molar-refractivity contribution is -0.120. The Balaban J connectivity index is 1.39. The lowest BCUT2D eigenvalue weighted by Crippen LogP contribution is -2.23. The predicted octanol–water partition coefficient (Wildman–Crippen LogP) is 3.15. The van der Waals surface area contributed by atoms with E-state index in [0.717, 1.165) is 17.1 Å². The lowest BCUT2D eigenvalue weighted by atomic mass is 10.2. The van der Waals surface area contributed by atoms with Crippen molar-refractivity contribution < 1.29 is 4.79 Å². The maximum atomic E-state index is 11.9. The number of rotatable bonds is 7. The van der Waals surface area contributed by atoms with Crippen molar-refractivity contribution in [1.82, 2.24) is 15.3 Å². The summed E-state index contributed by atoms with van der Waals surface area (Å²) in [5.41, 5.74) is 2.00. The normalized spacial score (nSPS) is 13.8. The molecule has 0 aliphatic heterocycles. The fraction of sp³-hybridized carbons (Fsp3) is 0.353. The smallest absolute Gasteiger partial charge is 0.221 e. The van der Waals surface area contributed by atoms with E-state index >= 15 is 0 Å². The van der Waals surface area contributed by atoms with E-state index in [1.54, 1.807) is 18.1 Å². The molecule has 1 heterocycles. The molecule has 0 atom stereocenters. The van der Waals surface area contributed by atoms with Gasteiger partial charge in [0.15, 0.2) is 0 Å². The van der Waals surface area contributed by atoms with Crippen molar-refractivity contribution >= 4 is 17.7 Å². The Bertz CT molecular complexity index is 629. The number of nitrogens with one attached hydrogen (secondary N) is 1. The van der Waals surface area contributed by atoms with Gasteiger partial charge in [-0.3, -0.25) is 4.79 Å². The van der Waals surface area contributed by atoms with E-state index in [2.05, 4.69) is 27.4 Å². The Morgan fingerprint density at radius 3 is 2.82 bits per heavy atom. The second-order valence-electron chi connectivity index (χ2n) is 5.40. The van der Waals surface area contributed by atoms with Gasteiger partial charge < -0.3 is 5.32 Å². The summed E-state index contributed by atoms with van der Waals surface area (Å²) >= 11 is 1.70. The Labute approximate surface area is 134 Å². The molecule has 1 saturated carbocycles. The molecule has 2 aromatic rings. The molecule has 1 aromatic heterocycles. The van der Waals surface area contributed by atoms with Gasteiger partial charge in [-0.05, 0) is 31.0 Å². The van der Waals surface area contributed by atoms with Crippen LogP contribution in [0.15, 0.2) is 47.6 Å². The van der Waals surface area contributed by atoms with Gasteiger partial charge in [0.25, 0.3) is 0 Å². The molecule has 1 amide bonds. The van der Waals surface area contributed by atoms with E-state index in [4.69, 9.17) is 0 Å². The zero-order valence-corrected chi connectivity index (χ0v) is 13.2. The van der Waals surface area contributed by atoms with Crippen LogP contribution in [0.2, 0.25) is 0 Å². The third-order valence-electron chi connectivity index (χ3n) is 3.55. The summed E-state index contributed by atoms with van der Waals surface area (Å²) < 4.78 is 0. The summed E-state index contributed by atoms with van der Waals surface area (Å²) in [6.45, 7) is 0.483. The zero-order valence-electron chi connectivity index (χ0n) is 12.4. The second-order valence-corrected chi connectivity index (χ2v) is 6.57. The number of carbonyl (C=O) groups excluding carboxylic acids is 1. The molecule has 0 bridgehead atoms. The minimum Gasteiger partial charge on any atom is -0.350 e. The molecular formula is C17H19N3OS. The molecule has 1 aliphatic carbocycles. The van der Waals surface area contributed by atoms with Crippen LogP contribution >= 0.6 is 11.8 Å². The molecule has 0 unspecified atom stereocenters. The van der Waals surface area contributed by atoms with Gasteiger partial charge in [-0.25, -0.2) is 9.97 Å². The topological polar surface area (TPSA) is 54.9 Å². The van der Waals surface area contributed by atoms with Crippen LogP contribution in [-0.2, 0) is 11.3 Å². The van der Waals surface area contributed by atoms with Gasteiger partial charge in [0.1, 0.15) is 6.33 Å². The van der Waals surface area contributed by atoms with Crippen LogP contribution in [0.3, 0.4) is 0 Å². The Kier molecular flexibility index (Phi) is 5.06. The monoisotopic (exact) mass is 313 g/mol. The van der Waals surface area contributed by atoms with Gasteiger partial charge >= 0.3 is 0 Å². The predicted molar refractivity (Wildman–Crippen MR) is 87.6 cm³/mol. The van der Waals surface area contributed by atoms with E-state index in [0.29, 0.717) is 18.9 Å². The largest absolute Gasteiger partial charge is 0.350 e. The molecule has 0 saturated heterocycles. The van der Waals surface area contributed by atoms with E-state index in [1.807, 2.05) is 24.3 Å². The third-order valence-corrected chi connectivity index (χ3v) is 4.56. The van der Waals surface area contributed by atoms with E-state index in [1.165, 1.54) is 17.7 Å². The molecule has 1 fully saturated rings. The molecule has 1 aromatic carbocycles. The first-order valence-electron chi connectivity index (χ1n) is 7.56. The van der Waals surface area contributed by atoms with Crippen LogP contribution in [0, 0.1) is 0 Å². The minimum atomic E-state index is 0.0648. The van der Waals surface area contributed by atoms with Crippen molar-refractivity contribution in [2.45, 2.75) is 36.6 Å². The lowest BCUT2D eigenvalue weighted by Gasteiger charge is -2.06. The summed E-state index contributed by atoms with van der Waals surface area (Å²) in [4.78, 5) is 21.6. The van der Waals surface area contributed by atoms with Gasteiger partial charge in [0, 0.05) is 28.7 Å². The maximum absolute atomic E-state index is 11.9. The molecular weight excluding hydrogens is 294 g/mol. The van der Waals surface area contributed by atoms with Crippen LogP contribution in [0.25, 0.3) is 0 Å². The highest BCUT2D eigenvalue weighted by molar-refractivity contribution is 7.99. The van der Waals surface area contributed by atoms with Crippen LogP contribution in [0.4, 0.5) is 0 Å². The van der Waals surface area contributed by atoms with Crippen molar-refractivity contribution in [3.05, 3.63) is 54.1 Å². The molecule has 4 nitrogen and oxygen atoms in total. The first kappa shape index (κ1) is 15.0. The summed E-state index contributed by atoms with van der Waals surface area (Å²) in [6, 6.07) is 12.1. The summed E-state index contributed by atoms with van der Waals surface area (Å²) in [6.07, 6.45) is 4.56. The fourth-order valence-corrected chi connectivity index (χ4v) is 3.04. The number of benzene rings is 1. The first-order chi connectivity index (χ1) is 10.8. The number of amides is 1. The molecule has 1 N–H and O–H groups in total. The van der Waals surface area contributed by atoms with E-state index < -0.39 is 0 Å². The first-order valence-corrected chi connectivity index (χ1v) is 8.55. The maximum Gasteiger partial charge on any atom is 0.221 e. The fourth-order valence-electron chi connectivity index (χ4n) is 2.17. The van der Waals surface area contributed by atoms with Gasteiger partial charge in [0.2, 0.25) is 5.91 Å². The third kappa shape index (κ3) is 4.56. The van der Waals surface area contributed by atoms with Crippen molar-refractivity contribution in [3.63, 3.8) is 0 Å². The van der Waals surface area contributed by atoms with Crippen LogP contribution < -0.4 is 5.32 Å². The molecule has 3 rings (SSSR count). The number of thioether (sulfide) groups is 1. The SMILES string of the molecule is O=C(CCSc1ccccc1)NCc1cc(C2CC2)ncn1. The standard InChI is InChI=1S/C17H19N3OS/c21-17(8-9-22-15-4-2-1-3-5-15)18-11-14-10-16(13-6-7-13)20-12-19-14/h1-5,10,12-13H,6-9,11H2,(H,18,21). The van der Waals surface area contributed by atoms with Gasteiger partial charge in [-0.1, -0.05) is 18.2 Å². The summed E-state index contributed by atoms with van der Waals surface area (Å²) in [7, 11) is 0. The van der Waals surface area contributed by atoms with Crippen LogP contribution in [-0.4, -0.2) is 21.6 Å². The molecule has 0 spiro atoms. The van der Waals surface area contributed by atoms with Gasteiger partial charge in [-0.15, -0.1) is 11.8 Å². The van der Waals surface area contributed by atoms with Crippen molar-refractivity contribution in [2.75, 3.05) is 5.75 Å². The van der Waals surface area contributed by atoms with Crippen LogP contribution in [0.5, 0.6) is 0 Å². The zero-order chi connectivity index (χ0) is 15.2. The van der Waals surface area contributed by atoms with Gasteiger partial charge in [-0.2, -0.15) is 0 Å². The molecule has 114 valence electrons. The van der Waals surface area contributed by atoms with Crippen LogP contribution in [0.1, 0.15) is 36.6 Å². The highest BCUT2D eigenvalue weighted by Gasteiger charge is 2.25. The average molecular weight is 313 g/mol. The minimum absolute atomic E-state index is 0.0648. The highest BCUT2D eigenvalue weighted by Crippen LogP contribution is 2.38. The number of hydrogen-bond acceptors (Lipinski definition) is 4. The summed E-state index contributed by atoms with van der Waals surface area (Å²) in [5, 5.41) is 2.93. The molecule has 22 heavy (non-hydrogen) atoms. The van der Waals surface area contributed by atoms with E-state index in [9.17, 15) is 4.79 Å². The highest BCUT2D eigenvalue weighted by atomic mass is 32.2. The number of carbonyl (C=O) groups is 1. The number of aromatic nitrogens is 2. The molecule has 5 heteroatoms. The van der Waals surface area contributed by atoms with Crippen molar-refractivity contribution in [3.8, 4) is 0 Å². The number of nitrogens with zero attached hydrogens (tertiary/aromatic N) is 2. The molecule has 1 aliphatic rings. The van der Waals surface area contributed by atoms with E-state index in [-0.39, 0.29) is 5.91 Å². The Morgan fingerprint density at radius 1 is 1.23 bits per heavy atom. The number of hydrogen-bond donors (Lipinski definition) is 1. The van der Waals surface area contributed by atoms with Crippen molar-refractivity contribution in [2.24, 2.45) is 0 Å². The second kappa shape index (κ2) is 7.40. The Hall–Kier alpha value is -1.88. The van der Waals surface area contributed by atoms with Crippen molar-refractivity contribution in [1.29, 1.82) is 0 Å². The Morgan fingerprint density at radius 2 is 2.05 bits per heavy atom. The average Bonchev–Trinajstić information content (AvgIpc) is 3.39. The van der Waals surface area contributed by atoms with Gasteiger partial charge in [0.05, 0.1) is 12.2 Å². The quantitative estimate of drug-likeness (QED) is 0.798. The molecule has 0 radical (unpaired) electrons. The summed E-state index contributed by atoms with van der Waals surface area (Å²) in [5.74, 6) is 1.46.